The Morgan fingerprint density at radius 3 is 2.87 bits per heavy atom. The van der Waals surface area contributed by atoms with Gasteiger partial charge < -0.3 is 4.74 Å². The Balaban J connectivity index is 1.91. The van der Waals surface area contributed by atoms with Crippen LogP contribution in [0.15, 0.2) is 48.8 Å². The van der Waals surface area contributed by atoms with Crippen molar-refractivity contribution in [2.75, 3.05) is 7.11 Å². The molecule has 0 unspecified atom stereocenters. The number of H-pyrrole nitrogens is 1. The molecule has 2 heterocycles. The second kappa shape index (κ2) is 6.70. The van der Waals surface area contributed by atoms with Crippen LogP contribution >= 0.6 is 0 Å². The number of aromatic amines is 1. The molecule has 1 N–H and O–H groups in total. The number of aromatic nitrogens is 3. The summed E-state index contributed by atoms with van der Waals surface area (Å²) >= 11 is 0. The molecule has 0 saturated carbocycles. The smallest absolute Gasteiger partial charge is 0.330 e. The van der Waals surface area contributed by atoms with Crippen LogP contribution in [0.4, 0.5) is 0 Å². The minimum atomic E-state index is -0.381. The van der Waals surface area contributed by atoms with Crippen LogP contribution < -0.4 is 0 Å². The lowest BCUT2D eigenvalue weighted by molar-refractivity contribution is -0.134. The Labute approximate surface area is 133 Å². The monoisotopic (exact) mass is 305 g/mol. The highest BCUT2D eigenvalue weighted by molar-refractivity contribution is 5.92. The SMILES string of the molecule is COC(=O)/C=C/c1ccc2[nH]nc(/C=C/c3cccnc3)c2c1. The molecule has 114 valence electrons. The van der Waals surface area contributed by atoms with E-state index in [1.165, 1.54) is 13.2 Å². The van der Waals surface area contributed by atoms with Gasteiger partial charge in [0.05, 0.1) is 18.3 Å². The van der Waals surface area contributed by atoms with Gasteiger partial charge in [0.1, 0.15) is 0 Å². The first-order valence-electron chi connectivity index (χ1n) is 7.08. The second-order valence-electron chi connectivity index (χ2n) is 4.89. The lowest BCUT2D eigenvalue weighted by atomic mass is 10.1. The third kappa shape index (κ3) is 3.52. The van der Waals surface area contributed by atoms with E-state index in [-0.39, 0.29) is 5.97 Å². The molecule has 23 heavy (non-hydrogen) atoms. The zero-order valence-corrected chi connectivity index (χ0v) is 12.6. The fraction of sp³-hybridized carbons (Fsp3) is 0.0556. The number of fused-ring (bicyclic) bond motifs is 1. The minimum Gasteiger partial charge on any atom is -0.466 e. The number of carbonyl (C=O) groups is 1. The van der Waals surface area contributed by atoms with Crippen LogP contribution in [-0.2, 0) is 9.53 Å². The average Bonchev–Trinajstić information content (AvgIpc) is 3.01. The first-order valence-corrected chi connectivity index (χ1v) is 7.08. The number of methoxy groups -OCH3 is 1. The average molecular weight is 305 g/mol. The number of ether oxygens (including phenoxy) is 1. The normalized spacial score (nSPS) is 11.5. The van der Waals surface area contributed by atoms with Gasteiger partial charge in [0.15, 0.2) is 0 Å². The molecular formula is C18H15N3O2. The number of esters is 1. The van der Waals surface area contributed by atoms with Crippen molar-refractivity contribution in [1.29, 1.82) is 0 Å². The van der Waals surface area contributed by atoms with Gasteiger partial charge in [-0.2, -0.15) is 5.10 Å². The van der Waals surface area contributed by atoms with Crippen molar-refractivity contribution in [1.82, 2.24) is 15.2 Å². The van der Waals surface area contributed by atoms with Crippen LogP contribution in [0, 0.1) is 0 Å². The van der Waals surface area contributed by atoms with E-state index in [4.69, 9.17) is 0 Å². The minimum absolute atomic E-state index is 0.381. The van der Waals surface area contributed by atoms with Crippen LogP contribution in [0.1, 0.15) is 16.8 Å². The number of nitrogens with one attached hydrogen (secondary N) is 1. The van der Waals surface area contributed by atoms with E-state index in [1.807, 2.05) is 42.5 Å². The maximum absolute atomic E-state index is 11.2. The summed E-state index contributed by atoms with van der Waals surface area (Å²) in [7, 11) is 1.35. The Morgan fingerprint density at radius 1 is 1.17 bits per heavy atom. The molecule has 0 aliphatic heterocycles. The molecule has 0 aliphatic carbocycles. The van der Waals surface area contributed by atoms with Gasteiger partial charge in [-0.15, -0.1) is 0 Å². The summed E-state index contributed by atoms with van der Waals surface area (Å²) in [6.07, 6.45) is 10.5. The number of nitrogens with zero attached hydrogens (tertiary/aromatic N) is 2. The van der Waals surface area contributed by atoms with Crippen LogP contribution in [0.3, 0.4) is 0 Å². The zero-order chi connectivity index (χ0) is 16.1. The topological polar surface area (TPSA) is 67.9 Å². The highest BCUT2D eigenvalue weighted by Crippen LogP contribution is 2.20. The maximum Gasteiger partial charge on any atom is 0.330 e. The van der Waals surface area contributed by atoms with Crippen LogP contribution in [0.25, 0.3) is 29.1 Å². The highest BCUT2D eigenvalue weighted by atomic mass is 16.5. The van der Waals surface area contributed by atoms with Gasteiger partial charge in [-0.25, -0.2) is 4.79 Å². The summed E-state index contributed by atoms with van der Waals surface area (Å²) in [6.45, 7) is 0. The van der Waals surface area contributed by atoms with E-state index in [0.717, 1.165) is 27.7 Å². The van der Waals surface area contributed by atoms with Crippen molar-refractivity contribution in [3.05, 3.63) is 65.6 Å². The molecule has 3 rings (SSSR count). The molecule has 2 aromatic heterocycles. The number of hydrogen-bond acceptors (Lipinski definition) is 4. The Bertz CT molecular complexity index is 880. The number of rotatable bonds is 4. The Morgan fingerprint density at radius 2 is 2.09 bits per heavy atom. The molecule has 0 atom stereocenters. The fourth-order valence-electron chi connectivity index (χ4n) is 2.16. The van der Waals surface area contributed by atoms with Gasteiger partial charge in [-0.05, 0) is 41.5 Å². The molecular weight excluding hydrogens is 290 g/mol. The van der Waals surface area contributed by atoms with E-state index in [1.54, 1.807) is 18.5 Å². The largest absolute Gasteiger partial charge is 0.466 e. The van der Waals surface area contributed by atoms with E-state index < -0.39 is 0 Å². The molecule has 0 radical (unpaired) electrons. The quantitative estimate of drug-likeness (QED) is 0.593. The third-order valence-corrected chi connectivity index (χ3v) is 3.35. The molecule has 0 aliphatic rings. The predicted molar refractivity (Wildman–Crippen MR) is 90.3 cm³/mol. The van der Waals surface area contributed by atoms with Gasteiger partial charge in [0.25, 0.3) is 0 Å². The lowest BCUT2D eigenvalue weighted by Gasteiger charge is -1.96. The van der Waals surface area contributed by atoms with Crippen molar-refractivity contribution in [3.8, 4) is 0 Å². The number of pyridine rings is 1. The van der Waals surface area contributed by atoms with E-state index in [9.17, 15) is 4.79 Å². The molecule has 0 bridgehead atoms. The van der Waals surface area contributed by atoms with Crippen molar-refractivity contribution in [3.63, 3.8) is 0 Å². The molecule has 5 heteroatoms. The van der Waals surface area contributed by atoms with Crippen molar-refractivity contribution in [2.45, 2.75) is 0 Å². The summed E-state index contributed by atoms with van der Waals surface area (Å²) in [5.41, 5.74) is 3.67. The molecule has 0 saturated heterocycles. The van der Waals surface area contributed by atoms with Gasteiger partial charge in [0, 0.05) is 23.9 Å². The van der Waals surface area contributed by atoms with E-state index in [0.29, 0.717) is 0 Å². The molecule has 1 aromatic carbocycles. The van der Waals surface area contributed by atoms with Crippen molar-refractivity contribution >= 4 is 35.1 Å². The summed E-state index contributed by atoms with van der Waals surface area (Å²) in [6, 6.07) is 9.68. The molecule has 0 fully saturated rings. The summed E-state index contributed by atoms with van der Waals surface area (Å²) in [4.78, 5) is 15.3. The molecule has 0 amide bonds. The third-order valence-electron chi connectivity index (χ3n) is 3.35. The van der Waals surface area contributed by atoms with Gasteiger partial charge in [-0.1, -0.05) is 18.2 Å². The summed E-state index contributed by atoms with van der Waals surface area (Å²) in [5, 5.41) is 8.29. The van der Waals surface area contributed by atoms with E-state index in [2.05, 4.69) is 19.9 Å². The Kier molecular flexibility index (Phi) is 4.29. The summed E-state index contributed by atoms with van der Waals surface area (Å²) in [5.74, 6) is -0.381. The maximum atomic E-state index is 11.2. The summed E-state index contributed by atoms with van der Waals surface area (Å²) < 4.78 is 4.59. The first-order chi connectivity index (χ1) is 11.3. The van der Waals surface area contributed by atoms with Crippen molar-refractivity contribution in [2.24, 2.45) is 0 Å². The lowest BCUT2D eigenvalue weighted by Crippen LogP contribution is -1.93. The second-order valence-corrected chi connectivity index (χ2v) is 4.89. The fourth-order valence-corrected chi connectivity index (χ4v) is 2.16. The van der Waals surface area contributed by atoms with Gasteiger partial charge in [0.2, 0.25) is 0 Å². The van der Waals surface area contributed by atoms with Crippen LogP contribution in [0.2, 0.25) is 0 Å². The highest BCUT2D eigenvalue weighted by Gasteiger charge is 2.03. The standard InChI is InChI=1S/C18H15N3O2/c1-23-18(22)9-6-13-4-7-16-15(11-13)17(21-20-16)8-5-14-3-2-10-19-12-14/h2-12H,1H3,(H,20,21)/b8-5+,9-6+. The Hall–Kier alpha value is -3.21. The first kappa shape index (κ1) is 14.7. The number of benzene rings is 1. The zero-order valence-electron chi connectivity index (χ0n) is 12.6. The molecule has 0 spiro atoms. The number of carbonyl (C=O) groups excluding carboxylic acids is 1. The van der Waals surface area contributed by atoms with Crippen LogP contribution in [0.5, 0.6) is 0 Å². The van der Waals surface area contributed by atoms with Crippen molar-refractivity contribution < 1.29 is 9.53 Å². The van der Waals surface area contributed by atoms with Gasteiger partial charge >= 0.3 is 5.97 Å². The number of hydrogen-bond donors (Lipinski definition) is 1. The molecule has 3 aromatic rings. The van der Waals surface area contributed by atoms with Crippen LogP contribution in [-0.4, -0.2) is 28.3 Å². The van der Waals surface area contributed by atoms with Gasteiger partial charge in [-0.3, -0.25) is 10.1 Å². The van der Waals surface area contributed by atoms with E-state index >= 15 is 0 Å². The molecule has 5 nitrogen and oxygen atoms in total. The predicted octanol–water partition coefficient (Wildman–Crippen LogP) is 3.31.